The second-order valence-corrected chi connectivity index (χ2v) is 4.71. The van der Waals surface area contributed by atoms with Gasteiger partial charge in [0.05, 0.1) is 4.90 Å². The molecule has 0 saturated carbocycles. The van der Waals surface area contributed by atoms with Crippen molar-refractivity contribution in [2.75, 3.05) is 6.26 Å². The molecule has 0 atom stereocenters. The molecule has 3 nitrogen and oxygen atoms in total. The Balaban J connectivity index is 0.00000144. The van der Waals surface area contributed by atoms with Crippen LogP contribution in [0.2, 0.25) is 0 Å². The van der Waals surface area contributed by atoms with Gasteiger partial charge in [-0.1, -0.05) is 0 Å². The Morgan fingerprint density at radius 2 is 1.85 bits per heavy atom. The van der Waals surface area contributed by atoms with Gasteiger partial charge in [-0.25, -0.2) is 8.42 Å². The van der Waals surface area contributed by atoms with E-state index in [-0.39, 0.29) is 40.2 Å². The first-order valence-electron chi connectivity index (χ1n) is 3.41. The Morgan fingerprint density at radius 1 is 1.31 bits per heavy atom. The minimum Gasteiger partial charge on any atom is -0.508 e. The third-order valence-corrected chi connectivity index (χ3v) is 2.81. The van der Waals surface area contributed by atoms with Crippen LogP contribution in [0.3, 0.4) is 0 Å². The van der Waals surface area contributed by atoms with Crippen LogP contribution in [0.15, 0.2) is 23.1 Å². The van der Waals surface area contributed by atoms with E-state index >= 15 is 0 Å². The van der Waals surface area contributed by atoms with Crippen LogP contribution in [-0.2, 0) is 9.84 Å². The number of rotatable bonds is 1. The molecule has 0 spiro atoms. The summed E-state index contributed by atoms with van der Waals surface area (Å²) in [5, 5.41) is 9.01. The first kappa shape index (κ1) is 13.0. The summed E-state index contributed by atoms with van der Waals surface area (Å²) in [6.45, 7) is 1.65. The maximum absolute atomic E-state index is 11.1. The topological polar surface area (TPSA) is 54.4 Å². The number of hydrogen-bond acceptors (Lipinski definition) is 3. The number of phenolic OH excluding ortho intramolecular Hbond substituents is 1. The predicted octanol–water partition coefficient (Wildman–Crippen LogP) is -1.89. The summed E-state index contributed by atoms with van der Waals surface area (Å²) in [5.74, 6) is 0.0832. The molecule has 0 heterocycles. The Hall–Kier alpha value is -0.0300. The quantitative estimate of drug-likeness (QED) is 0.550. The van der Waals surface area contributed by atoms with E-state index in [1.54, 1.807) is 6.92 Å². The predicted molar refractivity (Wildman–Crippen MR) is 46.0 cm³/mol. The molecule has 0 aliphatic carbocycles. The van der Waals surface area contributed by atoms with Crippen molar-refractivity contribution >= 4 is 9.84 Å². The average molecular weight is 209 g/mol. The summed E-state index contributed by atoms with van der Waals surface area (Å²) in [6, 6.07) is 4.19. The molecule has 0 saturated heterocycles. The molecule has 13 heavy (non-hydrogen) atoms. The maximum Gasteiger partial charge on any atom is 1.00 e. The van der Waals surface area contributed by atoms with Crippen molar-refractivity contribution in [1.29, 1.82) is 0 Å². The Morgan fingerprint density at radius 3 is 2.23 bits per heavy atom. The molecule has 66 valence electrons. The molecule has 0 aliphatic rings. The molecule has 0 bridgehead atoms. The molecular weight excluding hydrogens is 199 g/mol. The van der Waals surface area contributed by atoms with Crippen LogP contribution in [0.5, 0.6) is 5.75 Å². The van der Waals surface area contributed by atoms with Crippen molar-refractivity contribution < 1.29 is 43.1 Å². The van der Waals surface area contributed by atoms with E-state index in [1.807, 2.05) is 0 Å². The van der Waals surface area contributed by atoms with Gasteiger partial charge in [-0.3, -0.25) is 0 Å². The monoisotopic (exact) mass is 209 g/mol. The molecule has 0 aliphatic heterocycles. The van der Waals surface area contributed by atoms with Gasteiger partial charge in [0, 0.05) is 6.26 Å². The number of sulfone groups is 1. The van der Waals surface area contributed by atoms with Gasteiger partial charge < -0.3 is 5.11 Å². The van der Waals surface area contributed by atoms with E-state index in [0.29, 0.717) is 5.56 Å². The first-order valence-corrected chi connectivity index (χ1v) is 5.30. The van der Waals surface area contributed by atoms with Crippen LogP contribution >= 0.6 is 0 Å². The molecule has 0 fully saturated rings. The van der Waals surface area contributed by atoms with Gasteiger partial charge in [-0.05, 0) is 30.7 Å². The molecule has 1 rings (SSSR count). The summed E-state index contributed by atoms with van der Waals surface area (Å²) < 4.78 is 22.2. The van der Waals surface area contributed by atoms with E-state index in [1.165, 1.54) is 18.2 Å². The zero-order valence-corrected chi connectivity index (χ0v) is 10.7. The van der Waals surface area contributed by atoms with E-state index in [2.05, 4.69) is 0 Å². The number of benzene rings is 1. The molecule has 5 heteroatoms. The molecule has 1 N–H and O–H groups in total. The first-order chi connectivity index (χ1) is 5.41. The number of hydrogen-bond donors (Lipinski definition) is 1. The van der Waals surface area contributed by atoms with Gasteiger partial charge in [0.15, 0.2) is 9.84 Å². The van der Waals surface area contributed by atoms with E-state index < -0.39 is 9.84 Å². The van der Waals surface area contributed by atoms with Gasteiger partial charge in [0.25, 0.3) is 0 Å². The minimum absolute atomic E-state index is 0. The Labute approximate surface area is 100.0 Å². The van der Waals surface area contributed by atoms with Gasteiger partial charge in [-0.15, -0.1) is 0 Å². The van der Waals surface area contributed by atoms with E-state index in [0.717, 1.165) is 6.26 Å². The molecule has 0 unspecified atom stereocenters. The van der Waals surface area contributed by atoms with Crippen molar-refractivity contribution in [3.8, 4) is 5.75 Å². The standard InChI is InChI=1S/C8H10O3S.Na/c1-6-5-7(9)3-4-8(6)12(2,10)11;/h3-5,9H,1-2H3;/q;+1. The zero-order chi connectivity index (χ0) is 9.35. The summed E-state index contributed by atoms with van der Waals surface area (Å²) >= 11 is 0. The fraction of sp³-hybridized carbons (Fsp3) is 0.250. The van der Waals surface area contributed by atoms with Crippen molar-refractivity contribution in [1.82, 2.24) is 0 Å². The number of aryl methyl sites for hydroxylation is 1. The molecule has 1 aromatic rings. The van der Waals surface area contributed by atoms with Gasteiger partial charge in [0.1, 0.15) is 5.75 Å². The Bertz CT molecular complexity index is 398. The van der Waals surface area contributed by atoms with Crippen LogP contribution in [-0.4, -0.2) is 19.8 Å². The minimum atomic E-state index is -3.16. The second kappa shape index (κ2) is 4.46. The van der Waals surface area contributed by atoms with Gasteiger partial charge in [-0.2, -0.15) is 0 Å². The largest absolute Gasteiger partial charge is 1.00 e. The fourth-order valence-electron chi connectivity index (χ4n) is 1.05. The molecule has 1 aromatic carbocycles. The zero-order valence-electron chi connectivity index (χ0n) is 7.90. The molecule has 0 radical (unpaired) electrons. The average Bonchev–Trinajstić information content (AvgIpc) is 1.83. The molecular formula is C8H10NaO3S+. The van der Waals surface area contributed by atoms with Crippen molar-refractivity contribution in [3.63, 3.8) is 0 Å². The smallest absolute Gasteiger partial charge is 0.508 e. The summed E-state index contributed by atoms with van der Waals surface area (Å²) in [5.41, 5.74) is 0.567. The van der Waals surface area contributed by atoms with Crippen molar-refractivity contribution in [2.24, 2.45) is 0 Å². The third-order valence-electron chi connectivity index (χ3n) is 1.56. The molecule has 0 amide bonds. The fourth-order valence-corrected chi connectivity index (χ4v) is 2.01. The van der Waals surface area contributed by atoms with Crippen molar-refractivity contribution in [2.45, 2.75) is 11.8 Å². The molecule has 0 aromatic heterocycles. The second-order valence-electron chi connectivity index (χ2n) is 2.72. The SMILES string of the molecule is Cc1cc(O)ccc1S(C)(=O)=O.[Na+]. The van der Waals surface area contributed by atoms with E-state index in [9.17, 15) is 8.42 Å². The summed E-state index contributed by atoms with van der Waals surface area (Å²) in [4.78, 5) is 0.264. The van der Waals surface area contributed by atoms with Crippen molar-refractivity contribution in [3.05, 3.63) is 23.8 Å². The summed E-state index contributed by atoms with van der Waals surface area (Å²) in [6.07, 6.45) is 1.15. The van der Waals surface area contributed by atoms with Crippen LogP contribution < -0.4 is 29.6 Å². The Kier molecular flexibility index (Phi) is 4.45. The normalized spacial score (nSPS) is 10.6. The maximum atomic E-state index is 11.1. The van der Waals surface area contributed by atoms with E-state index in [4.69, 9.17) is 5.11 Å². The van der Waals surface area contributed by atoms with Gasteiger partial charge in [0.2, 0.25) is 0 Å². The number of aromatic hydroxyl groups is 1. The number of phenols is 1. The van der Waals surface area contributed by atoms with Crippen LogP contribution in [0.4, 0.5) is 0 Å². The van der Waals surface area contributed by atoms with Crippen LogP contribution in [0, 0.1) is 6.92 Å². The third kappa shape index (κ3) is 3.31. The van der Waals surface area contributed by atoms with Crippen LogP contribution in [0.1, 0.15) is 5.56 Å². The summed E-state index contributed by atoms with van der Waals surface area (Å²) in [7, 11) is -3.16. The van der Waals surface area contributed by atoms with Crippen LogP contribution in [0.25, 0.3) is 0 Å². The van der Waals surface area contributed by atoms with Gasteiger partial charge >= 0.3 is 29.6 Å².